The van der Waals surface area contributed by atoms with Crippen LogP contribution in [0.2, 0.25) is 0 Å². The molecule has 0 saturated heterocycles. The van der Waals surface area contributed by atoms with Crippen LogP contribution in [-0.4, -0.2) is 11.9 Å². The molecule has 150 valence electrons. The highest BCUT2D eigenvalue weighted by Crippen LogP contribution is 2.23. The van der Waals surface area contributed by atoms with Gasteiger partial charge in [0, 0.05) is 41.9 Å². The number of hydrogen-bond acceptors (Lipinski definition) is 4. The van der Waals surface area contributed by atoms with Gasteiger partial charge in [-0.15, -0.1) is 0 Å². The fourth-order valence-electron chi connectivity index (χ4n) is 2.31. The summed E-state index contributed by atoms with van der Waals surface area (Å²) in [5.41, 5.74) is 1.79. The molecule has 0 atom stereocenters. The fourth-order valence-corrected chi connectivity index (χ4v) is 3.85. The fraction of sp³-hybridized carbons (Fsp3) is 0.300. The number of benzene rings is 2. The Labute approximate surface area is 197 Å². The number of rotatable bonds is 9. The molecule has 0 fully saturated rings. The first-order valence-electron chi connectivity index (χ1n) is 8.54. The molecule has 0 aromatic heterocycles. The van der Waals surface area contributed by atoms with Crippen LogP contribution in [0.5, 0.6) is 0 Å². The maximum absolute atomic E-state index is 11.9. The Morgan fingerprint density at radius 2 is 1.07 bits per heavy atom. The van der Waals surface area contributed by atoms with E-state index < -0.39 is 0 Å². The van der Waals surface area contributed by atoms with Gasteiger partial charge in [-0.25, -0.2) is 0 Å². The molecule has 28 heavy (non-hydrogen) atoms. The number of ether oxygens (including phenoxy) is 2. The number of unbranched alkanes of at least 4 members (excludes halogenated alkanes) is 1. The van der Waals surface area contributed by atoms with E-state index in [1.165, 1.54) is 0 Å². The summed E-state index contributed by atoms with van der Waals surface area (Å²) in [6.07, 6.45) is 1.70. The van der Waals surface area contributed by atoms with Crippen LogP contribution in [-0.2, 0) is 32.3 Å². The van der Waals surface area contributed by atoms with E-state index >= 15 is 0 Å². The van der Waals surface area contributed by atoms with E-state index in [2.05, 4.69) is 63.7 Å². The lowest BCUT2D eigenvalue weighted by atomic mass is 10.2. The quantitative estimate of drug-likeness (QED) is 0.217. The first-order valence-corrected chi connectivity index (χ1v) is 11.7. The van der Waals surface area contributed by atoms with Gasteiger partial charge in [0.25, 0.3) is 0 Å². The molecule has 8 heteroatoms. The summed E-state index contributed by atoms with van der Waals surface area (Å²) in [6, 6.07) is 11.4. The zero-order valence-electron chi connectivity index (χ0n) is 14.9. The minimum atomic E-state index is -0.279. The summed E-state index contributed by atoms with van der Waals surface area (Å²) in [7, 11) is 0. The number of halogens is 4. The highest BCUT2D eigenvalue weighted by Gasteiger charge is 2.09. The van der Waals surface area contributed by atoms with Gasteiger partial charge in [0.05, 0.1) is 0 Å². The van der Waals surface area contributed by atoms with Gasteiger partial charge in [-0.2, -0.15) is 0 Å². The Balaban J connectivity index is 1.62. The maximum atomic E-state index is 11.9. The van der Waals surface area contributed by atoms with E-state index in [9.17, 15) is 9.59 Å². The number of hydrogen-bond donors (Lipinski definition) is 0. The third kappa shape index (κ3) is 8.35. The maximum Gasteiger partial charge on any atom is 0.306 e. The van der Waals surface area contributed by atoms with Crippen molar-refractivity contribution in [2.75, 3.05) is 0 Å². The molecule has 0 N–H and O–H groups in total. The first-order chi connectivity index (χ1) is 13.3. The molecule has 0 radical (unpaired) electrons. The van der Waals surface area contributed by atoms with Crippen LogP contribution >= 0.6 is 63.7 Å². The molecule has 4 nitrogen and oxygen atoms in total. The average Bonchev–Trinajstić information content (AvgIpc) is 2.66. The largest absolute Gasteiger partial charge is 0.461 e. The van der Waals surface area contributed by atoms with Gasteiger partial charge in [0.15, 0.2) is 0 Å². The normalized spacial score (nSPS) is 10.6. The molecule has 2 aromatic rings. The van der Waals surface area contributed by atoms with Gasteiger partial charge >= 0.3 is 11.9 Å². The molecule has 0 unspecified atom stereocenters. The first kappa shape index (κ1) is 23.6. The summed E-state index contributed by atoms with van der Waals surface area (Å²) in [5.74, 6) is -0.559. The minimum absolute atomic E-state index is 0.211. The van der Waals surface area contributed by atoms with Crippen molar-refractivity contribution in [1.29, 1.82) is 0 Å². The van der Waals surface area contributed by atoms with Crippen LogP contribution in [0, 0.1) is 0 Å². The predicted molar refractivity (Wildman–Crippen MR) is 122 cm³/mol. The molecule has 0 spiro atoms. The van der Waals surface area contributed by atoms with Crippen LogP contribution in [0.3, 0.4) is 0 Å². The molecule has 0 aliphatic rings. The zero-order chi connectivity index (χ0) is 20.5. The molecule has 2 aromatic carbocycles. The summed E-state index contributed by atoms with van der Waals surface area (Å²) < 4.78 is 14.2. The monoisotopic (exact) mass is 638 g/mol. The average molecular weight is 642 g/mol. The zero-order valence-corrected chi connectivity index (χ0v) is 21.2. The van der Waals surface area contributed by atoms with Gasteiger partial charge in [-0.1, -0.05) is 63.7 Å². The topological polar surface area (TPSA) is 52.6 Å². The van der Waals surface area contributed by atoms with E-state index in [0.717, 1.165) is 29.0 Å². The standard InChI is InChI=1S/C20H18Br4O4/c21-15-5-7-17(23)13(9-15)11-27-19(25)3-1-2-4-20(26)28-12-14-10-16(22)6-8-18(14)24/h5-10H,1-4,11-12H2. The molecule has 0 saturated carbocycles. The van der Waals surface area contributed by atoms with Gasteiger partial charge < -0.3 is 9.47 Å². The molecule has 0 aliphatic heterocycles. The van der Waals surface area contributed by atoms with E-state index in [1.807, 2.05) is 36.4 Å². The summed E-state index contributed by atoms with van der Waals surface area (Å²) >= 11 is 13.6. The van der Waals surface area contributed by atoms with E-state index in [1.54, 1.807) is 0 Å². The van der Waals surface area contributed by atoms with Gasteiger partial charge in [0.1, 0.15) is 13.2 Å². The summed E-state index contributed by atoms with van der Waals surface area (Å²) in [5, 5.41) is 0. The Morgan fingerprint density at radius 1 is 0.679 bits per heavy atom. The molecule has 0 aliphatic carbocycles. The summed E-state index contributed by atoms with van der Waals surface area (Å²) in [6.45, 7) is 0.421. The highest BCUT2D eigenvalue weighted by molar-refractivity contribution is 9.11. The SMILES string of the molecule is O=C(CCCCC(=O)OCc1cc(Br)ccc1Br)OCc1cc(Br)ccc1Br. The Bertz CT molecular complexity index is 769. The van der Waals surface area contributed by atoms with Crippen molar-refractivity contribution in [3.05, 3.63) is 65.4 Å². The Kier molecular flexibility index (Phi) is 10.2. The number of carbonyl (C=O) groups is 2. The van der Waals surface area contributed by atoms with E-state index in [0.29, 0.717) is 12.8 Å². The molecular formula is C20H18Br4O4. The van der Waals surface area contributed by atoms with Gasteiger partial charge in [-0.05, 0) is 49.2 Å². The minimum Gasteiger partial charge on any atom is -0.461 e. The smallest absolute Gasteiger partial charge is 0.306 e. The lowest BCUT2D eigenvalue weighted by molar-refractivity contribution is -0.147. The third-order valence-corrected chi connectivity index (χ3v) is 6.34. The highest BCUT2D eigenvalue weighted by atomic mass is 79.9. The van der Waals surface area contributed by atoms with Crippen LogP contribution in [0.1, 0.15) is 36.8 Å². The van der Waals surface area contributed by atoms with E-state index in [-0.39, 0.29) is 38.0 Å². The van der Waals surface area contributed by atoms with Crippen molar-refractivity contribution >= 4 is 75.7 Å². The Morgan fingerprint density at radius 3 is 1.46 bits per heavy atom. The van der Waals surface area contributed by atoms with Crippen molar-refractivity contribution in [2.45, 2.75) is 38.9 Å². The third-order valence-electron chi connectivity index (χ3n) is 3.80. The van der Waals surface area contributed by atoms with E-state index in [4.69, 9.17) is 9.47 Å². The van der Waals surface area contributed by atoms with Gasteiger partial charge in [0.2, 0.25) is 0 Å². The molecule has 0 amide bonds. The van der Waals surface area contributed by atoms with Crippen LogP contribution in [0.25, 0.3) is 0 Å². The second-order valence-corrected chi connectivity index (χ2v) is 9.54. The summed E-state index contributed by atoms with van der Waals surface area (Å²) in [4.78, 5) is 23.7. The molecule has 0 heterocycles. The number of carbonyl (C=O) groups excluding carboxylic acids is 2. The van der Waals surface area contributed by atoms with Crippen molar-refractivity contribution in [2.24, 2.45) is 0 Å². The van der Waals surface area contributed by atoms with Crippen LogP contribution < -0.4 is 0 Å². The van der Waals surface area contributed by atoms with Gasteiger partial charge in [-0.3, -0.25) is 9.59 Å². The van der Waals surface area contributed by atoms with Crippen LogP contribution in [0.4, 0.5) is 0 Å². The Hall–Kier alpha value is -0.700. The second-order valence-electron chi connectivity index (χ2n) is 6.00. The van der Waals surface area contributed by atoms with Crippen molar-refractivity contribution in [3.63, 3.8) is 0 Å². The van der Waals surface area contributed by atoms with Crippen molar-refractivity contribution in [1.82, 2.24) is 0 Å². The number of esters is 2. The predicted octanol–water partition coefficient (Wildman–Crippen LogP) is 7.08. The molecular weight excluding hydrogens is 624 g/mol. The molecule has 2 rings (SSSR count). The lowest BCUT2D eigenvalue weighted by Gasteiger charge is -2.08. The van der Waals surface area contributed by atoms with Crippen molar-refractivity contribution < 1.29 is 19.1 Å². The molecule has 0 bridgehead atoms. The van der Waals surface area contributed by atoms with Crippen molar-refractivity contribution in [3.8, 4) is 0 Å². The van der Waals surface area contributed by atoms with Crippen LogP contribution in [0.15, 0.2) is 54.3 Å². The lowest BCUT2D eigenvalue weighted by Crippen LogP contribution is -2.07. The second kappa shape index (κ2) is 12.1.